The number of hydrogen-bond donors (Lipinski definition) is 3. The van der Waals surface area contributed by atoms with Crippen LogP contribution in [-0.2, 0) is 13.0 Å². The number of pyridine rings is 1. The molecule has 0 aliphatic heterocycles. The van der Waals surface area contributed by atoms with Gasteiger partial charge in [-0.15, -0.1) is 0 Å². The van der Waals surface area contributed by atoms with Crippen molar-refractivity contribution in [3.63, 3.8) is 0 Å². The Balaban J connectivity index is 1.97. The second-order valence-corrected chi connectivity index (χ2v) is 4.26. The molecule has 0 aliphatic rings. The van der Waals surface area contributed by atoms with Gasteiger partial charge >= 0.3 is 0 Å². The average Bonchev–Trinajstić information content (AvgIpc) is 2.99. The van der Waals surface area contributed by atoms with E-state index in [4.69, 9.17) is 5.84 Å². The van der Waals surface area contributed by atoms with Crippen LogP contribution in [0.2, 0.25) is 0 Å². The minimum absolute atomic E-state index is 0.147. The molecule has 0 radical (unpaired) electrons. The third-order valence-electron chi connectivity index (χ3n) is 2.84. The van der Waals surface area contributed by atoms with Crippen LogP contribution in [0.3, 0.4) is 0 Å². The van der Waals surface area contributed by atoms with E-state index in [9.17, 15) is 4.79 Å². The number of hydrazine groups is 1. The molecule has 0 saturated heterocycles. The summed E-state index contributed by atoms with van der Waals surface area (Å²) in [6, 6.07) is 5.24. The monoisotopic (exact) mass is 274 g/mol. The summed E-state index contributed by atoms with van der Waals surface area (Å²) in [4.78, 5) is 16.3. The first kappa shape index (κ1) is 14.0. The summed E-state index contributed by atoms with van der Waals surface area (Å²) in [5.41, 5.74) is 3.83. The van der Waals surface area contributed by atoms with Crippen LogP contribution >= 0.6 is 0 Å². The van der Waals surface area contributed by atoms with Gasteiger partial charge in [-0.1, -0.05) is 6.92 Å². The summed E-state index contributed by atoms with van der Waals surface area (Å²) in [5, 5.41) is 6.91. The number of nitrogens with two attached hydrogens (primary N) is 1. The SMILES string of the molecule is CCc1cc(C(=O)NCCn2cccn2)cc(NN)n1. The molecule has 2 heterocycles. The summed E-state index contributed by atoms with van der Waals surface area (Å²) in [5.74, 6) is 5.69. The first-order valence-electron chi connectivity index (χ1n) is 6.46. The lowest BCUT2D eigenvalue weighted by atomic mass is 10.2. The maximum Gasteiger partial charge on any atom is 0.251 e. The van der Waals surface area contributed by atoms with E-state index in [0.717, 1.165) is 12.1 Å². The number of nitrogen functional groups attached to an aromatic ring is 1. The second kappa shape index (κ2) is 6.67. The number of aryl methyl sites for hydroxylation is 1. The number of nitrogens with one attached hydrogen (secondary N) is 2. The van der Waals surface area contributed by atoms with Gasteiger partial charge in [0, 0.05) is 30.2 Å². The van der Waals surface area contributed by atoms with Gasteiger partial charge in [-0.25, -0.2) is 10.8 Å². The Morgan fingerprint density at radius 1 is 1.45 bits per heavy atom. The number of hydrogen-bond acceptors (Lipinski definition) is 5. The standard InChI is InChI=1S/C13H18N6O/c1-2-11-8-10(9-12(17-11)18-14)13(20)15-5-7-19-6-3-4-16-19/h3-4,6,8-9H,2,5,7,14H2,1H3,(H,15,20)(H,17,18). The largest absolute Gasteiger partial charge is 0.350 e. The maximum atomic E-state index is 12.1. The highest BCUT2D eigenvalue weighted by Gasteiger charge is 2.08. The Morgan fingerprint density at radius 2 is 2.30 bits per heavy atom. The van der Waals surface area contributed by atoms with Crippen molar-refractivity contribution in [3.05, 3.63) is 41.9 Å². The van der Waals surface area contributed by atoms with Gasteiger partial charge in [0.15, 0.2) is 0 Å². The van der Waals surface area contributed by atoms with Crippen LogP contribution in [0.15, 0.2) is 30.6 Å². The first-order valence-corrected chi connectivity index (χ1v) is 6.46. The number of rotatable bonds is 6. The Hall–Kier alpha value is -2.41. The minimum atomic E-state index is -0.147. The number of aromatic nitrogens is 3. The molecule has 2 rings (SSSR count). The van der Waals surface area contributed by atoms with Crippen molar-refractivity contribution >= 4 is 11.7 Å². The van der Waals surface area contributed by atoms with Gasteiger partial charge in [0.2, 0.25) is 0 Å². The molecule has 0 aromatic carbocycles. The smallest absolute Gasteiger partial charge is 0.251 e. The molecule has 0 unspecified atom stereocenters. The minimum Gasteiger partial charge on any atom is -0.350 e. The summed E-state index contributed by atoms with van der Waals surface area (Å²) >= 11 is 0. The number of amides is 1. The number of nitrogens with zero attached hydrogens (tertiary/aromatic N) is 3. The van der Waals surface area contributed by atoms with Crippen molar-refractivity contribution < 1.29 is 4.79 Å². The molecule has 4 N–H and O–H groups in total. The highest BCUT2D eigenvalue weighted by Crippen LogP contribution is 2.10. The lowest BCUT2D eigenvalue weighted by Gasteiger charge is -2.08. The molecular weight excluding hydrogens is 256 g/mol. The summed E-state index contributed by atoms with van der Waals surface area (Å²) in [6.07, 6.45) is 4.30. The lowest BCUT2D eigenvalue weighted by molar-refractivity contribution is 0.0951. The lowest BCUT2D eigenvalue weighted by Crippen LogP contribution is -2.27. The van der Waals surface area contributed by atoms with Crippen LogP contribution in [0.4, 0.5) is 5.82 Å². The van der Waals surface area contributed by atoms with Crippen molar-refractivity contribution in [1.82, 2.24) is 20.1 Å². The third-order valence-corrected chi connectivity index (χ3v) is 2.84. The Labute approximate surface area is 117 Å². The van der Waals surface area contributed by atoms with E-state index in [1.807, 2.05) is 19.2 Å². The number of anilines is 1. The van der Waals surface area contributed by atoms with Gasteiger partial charge in [-0.2, -0.15) is 5.10 Å². The van der Waals surface area contributed by atoms with Gasteiger partial charge in [0.25, 0.3) is 5.91 Å². The fraction of sp³-hybridized carbons (Fsp3) is 0.308. The zero-order valence-electron chi connectivity index (χ0n) is 11.3. The zero-order valence-corrected chi connectivity index (χ0v) is 11.3. The van der Waals surface area contributed by atoms with E-state index in [1.165, 1.54) is 0 Å². The molecule has 0 fully saturated rings. The molecule has 0 saturated carbocycles. The average molecular weight is 274 g/mol. The topological polar surface area (TPSA) is 97.9 Å². The van der Waals surface area contributed by atoms with E-state index in [-0.39, 0.29) is 5.91 Å². The predicted octanol–water partition coefficient (Wildman–Crippen LogP) is 0.556. The quantitative estimate of drug-likeness (QED) is 0.528. The van der Waals surface area contributed by atoms with Crippen molar-refractivity contribution in [2.75, 3.05) is 12.0 Å². The van der Waals surface area contributed by atoms with E-state index in [0.29, 0.717) is 24.5 Å². The van der Waals surface area contributed by atoms with Gasteiger partial charge in [-0.05, 0) is 24.6 Å². The first-order chi connectivity index (χ1) is 9.72. The van der Waals surface area contributed by atoms with E-state index in [1.54, 1.807) is 23.0 Å². The molecule has 1 amide bonds. The molecular formula is C13H18N6O. The molecule has 2 aromatic rings. The Kier molecular flexibility index (Phi) is 4.67. The summed E-state index contributed by atoms with van der Waals surface area (Å²) < 4.78 is 1.76. The fourth-order valence-electron chi connectivity index (χ4n) is 1.79. The normalized spacial score (nSPS) is 10.3. The molecule has 0 atom stereocenters. The molecule has 0 spiro atoms. The molecule has 106 valence electrons. The van der Waals surface area contributed by atoms with Crippen molar-refractivity contribution in [3.8, 4) is 0 Å². The molecule has 0 bridgehead atoms. The summed E-state index contributed by atoms with van der Waals surface area (Å²) in [6.45, 7) is 3.12. The molecule has 20 heavy (non-hydrogen) atoms. The Bertz CT molecular complexity index is 544. The third kappa shape index (κ3) is 3.55. The second-order valence-electron chi connectivity index (χ2n) is 4.26. The maximum absolute atomic E-state index is 12.1. The van der Waals surface area contributed by atoms with Crippen LogP contribution in [0, 0.1) is 0 Å². The van der Waals surface area contributed by atoms with Crippen LogP contribution < -0.4 is 16.6 Å². The number of carbonyl (C=O) groups excluding carboxylic acids is 1. The van der Waals surface area contributed by atoms with E-state index in [2.05, 4.69) is 20.8 Å². The predicted molar refractivity (Wildman–Crippen MR) is 76.0 cm³/mol. The molecule has 7 heteroatoms. The molecule has 7 nitrogen and oxygen atoms in total. The van der Waals surface area contributed by atoms with Crippen LogP contribution in [0.5, 0.6) is 0 Å². The van der Waals surface area contributed by atoms with Crippen molar-refractivity contribution in [2.45, 2.75) is 19.9 Å². The van der Waals surface area contributed by atoms with Crippen molar-refractivity contribution in [1.29, 1.82) is 0 Å². The van der Waals surface area contributed by atoms with Gasteiger partial charge in [0.1, 0.15) is 5.82 Å². The van der Waals surface area contributed by atoms with Gasteiger partial charge in [-0.3, -0.25) is 9.48 Å². The molecule has 2 aromatic heterocycles. The van der Waals surface area contributed by atoms with E-state index >= 15 is 0 Å². The van der Waals surface area contributed by atoms with Crippen molar-refractivity contribution in [2.24, 2.45) is 5.84 Å². The Morgan fingerprint density at radius 3 is 2.95 bits per heavy atom. The highest BCUT2D eigenvalue weighted by molar-refractivity contribution is 5.94. The van der Waals surface area contributed by atoms with Gasteiger partial charge < -0.3 is 10.7 Å². The van der Waals surface area contributed by atoms with Crippen LogP contribution in [0.25, 0.3) is 0 Å². The number of carbonyl (C=O) groups is 1. The fourth-order valence-corrected chi connectivity index (χ4v) is 1.79. The van der Waals surface area contributed by atoms with Crippen LogP contribution in [0.1, 0.15) is 23.0 Å². The molecule has 0 aliphatic carbocycles. The van der Waals surface area contributed by atoms with Gasteiger partial charge in [0.05, 0.1) is 6.54 Å². The zero-order chi connectivity index (χ0) is 14.4. The highest BCUT2D eigenvalue weighted by atomic mass is 16.1. The van der Waals surface area contributed by atoms with Crippen LogP contribution in [-0.4, -0.2) is 27.2 Å². The van der Waals surface area contributed by atoms with E-state index < -0.39 is 0 Å². The summed E-state index contributed by atoms with van der Waals surface area (Å²) in [7, 11) is 0.